The van der Waals surface area contributed by atoms with Crippen LogP contribution in [0.25, 0.3) is 0 Å². The van der Waals surface area contributed by atoms with Crippen LogP contribution in [0.5, 0.6) is 11.5 Å². The van der Waals surface area contributed by atoms with Crippen molar-refractivity contribution in [2.75, 3.05) is 26.8 Å². The van der Waals surface area contributed by atoms with Crippen molar-refractivity contribution in [1.29, 1.82) is 0 Å². The van der Waals surface area contributed by atoms with Crippen LogP contribution in [-0.2, 0) is 0 Å². The third kappa shape index (κ3) is 5.86. The summed E-state index contributed by atoms with van der Waals surface area (Å²) < 4.78 is 10.5. The van der Waals surface area contributed by atoms with E-state index in [-0.39, 0.29) is 35.4 Å². The number of methoxy groups -OCH3 is 1. The zero-order chi connectivity index (χ0) is 17.4. The Labute approximate surface area is 147 Å². The predicted molar refractivity (Wildman–Crippen MR) is 93.5 cm³/mol. The summed E-state index contributed by atoms with van der Waals surface area (Å²) in [6.45, 7) is 7.14. The summed E-state index contributed by atoms with van der Waals surface area (Å²) in [7, 11) is 1.39. The van der Waals surface area contributed by atoms with Crippen molar-refractivity contribution in [2.45, 2.75) is 26.8 Å². The van der Waals surface area contributed by atoms with Crippen LogP contribution in [0, 0.1) is 10.1 Å². The Morgan fingerprint density at radius 2 is 2.00 bits per heavy atom. The minimum Gasteiger partial charge on any atom is -0.493 e. The van der Waals surface area contributed by atoms with Gasteiger partial charge in [0, 0.05) is 18.7 Å². The minimum atomic E-state index is -0.610. The molecule has 136 valence electrons. The van der Waals surface area contributed by atoms with Gasteiger partial charge in [-0.3, -0.25) is 14.9 Å². The van der Waals surface area contributed by atoms with Crippen molar-refractivity contribution < 1.29 is 19.2 Å². The van der Waals surface area contributed by atoms with Gasteiger partial charge in [0.15, 0.2) is 11.5 Å². The van der Waals surface area contributed by atoms with Gasteiger partial charge in [0.1, 0.15) is 5.56 Å². The quantitative estimate of drug-likeness (QED) is 0.516. The van der Waals surface area contributed by atoms with Crippen LogP contribution in [0.3, 0.4) is 0 Å². The van der Waals surface area contributed by atoms with Crippen molar-refractivity contribution in [3.8, 4) is 11.5 Å². The number of rotatable bonds is 9. The molecule has 1 atom stereocenters. The number of carbonyl (C=O) groups excluding carboxylic acids is 1. The average molecular weight is 362 g/mol. The van der Waals surface area contributed by atoms with Crippen LogP contribution < -0.4 is 20.1 Å². The Bertz CT molecular complexity index is 568. The molecular formula is C15H24ClN3O5. The molecular weight excluding hydrogens is 338 g/mol. The minimum absolute atomic E-state index is 0. The Kier molecular flexibility index (Phi) is 9.75. The Morgan fingerprint density at radius 1 is 1.33 bits per heavy atom. The van der Waals surface area contributed by atoms with E-state index in [9.17, 15) is 14.9 Å². The maximum absolute atomic E-state index is 12.3. The topological polar surface area (TPSA) is 103 Å². The van der Waals surface area contributed by atoms with Crippen LogP contribution >= 0.6 is 12.4 Å². The van der Waals surface area contributed by atoms with Crippen molar-refractivity contribution in [3.05, 3.63) is 27.8 Å². The average Bonchev–Trinajstić information content (AvgIpc) is 2.52. The van der Waals surface area contributed by atoms with E-state index in [1.165, 1.54) is 19.2 Å². The summed E-state index contributed by atoms with van der Waals surface area (Å²) in [5.74, 6) is -0.00772. The summed E-state index contributed by atoms with van der Waals surface area (Å²) >= 11 is 0. The van der Waals surface area contributed by atoms with Crippen LogP contribution in [0.4, 0.5) is 5.69 Å². The van der Waals surface area contributed by atoms with E-state index >= 15 is 0 Å². The van der Waals surface area contributed by atoms with Crippen molar-refractivity contribution in [2.24, 2.45) is 0 Å². The van der Waals surface area contributed by atoms with Gasteiger partial charge in [-0.25, -0.2) is 0 Å². The maximum Gasteiger partial charge on any atom is 0.286 e. The van der Waals surface area contributed by atoms with Gasteiger partial charge < -0.3 is 20.1 Å². The van der Waals surface area contributed by atoms with Gasteiger partial charge in [-0.2, -0.15) is 0 Å². The largest absolute Gasteiger partial charge is 0.493 e. The van der Waals surface area contributed by atoms with E-state index in [2.05, 4.69) is 10.6 Å². The van der Waals surface area contributed by atoms with Gasteiger partial charge in [0.2, 0.25) is 0 Å². The van der Waals surface area contributed by atoms with Crippen LogP contribution in [0.2, 0.25) is 0 Å². The molecule has 0 bridgehead atoms. The first-order valence-electron chi connectivity index (χ1n) is 7.45. The Balaban J connectivity index is 0.00000529. The molecule has 0 fully saturated rings. The molecule has 1 aromatic rings. The highest BCUT2D eigenvalue weighted by atomic mass is 35.5. The number of nitrogens with one attached hydrogen (secondary N) is 2. The number of carbonyl (C=O) groups is 1. The number of likely N-dealkylation sites (N-methyl/N-ethyl adjacent to an activating group) is 1. The predicted octanol–water partition coefficient (Wildman–Crippen LogP) is 2.15. The first-order valence-corrected chi connectivity index (χ1v) is 7.45. The molecule has 0 saturated carbocycles. The van der Waals surface area contributed by atoms with E-state index in [0.29, 0.717) is 18.9 Å². The summed E-state index contributed by atoms with van der Waals surface area (Å²) in [6, 6.07) is 2.61. The molecule has 24 heavy (non-hydrogen) atoms. The molecule has 0 radical (unpaired) electrons. The summed E-state index contributed by atoms with van der Waals surface area (Å²) in [5.41, 5.74) is -0.373. The zero-order valence-electron chi connectivity index (χ0n) is 14.3. The van der Waals surface area contributed by atoms with Crippen molar-refractivity contribution in [1.82, 2.24) is 10.6 Å². The molecule has 0 spiro atoms. The van der Waals surface area contributed by atoms with E-state index in [4.69, 9.17) is 9.47 Å². The van der Waals surface area contributed by atoms with Crippen LogP contribution in [-0.4, -0.2) is 43.7 Å². The molecule has 0 aliphatic heterocycles. The summed E-state index contributed by atoms with van der Waals surface area (Å²) in [6.07, 6.45) is 0. The number of hydrogen-bond acceptors (Lipinski definition) is 6. The molecule has 0 aliphatic rings. The first kappa shape index (κ1) is 21.9. The highest BCUT2D eigenvalue weighted by Gasteiger charge is 2.24. The Morgan fingerprint density at radius 3 is 2.50 bits per heavy atom. The zero-order valence-corrected chi connectivity index (χ0v) is 15.1. The lowest BCUT2D eigenvalue weighted by Gasteiger charge is -2.14. The molecule has 1 aromatic carbocycles. The lowest BCUT2D eigenvalue weighted by Crippen LogP contribution is -2.39. The molecule has 1 rings (SSSR count). The van der Waals surface area contributed by atoms with Crippen molar-refractivity contribution >= 4 is 24.0 Å². The van der Waals surface area contributed by atoms with Gasteiger partial charge in [-0.15, -0.1) is 12.4 Å². The second-order valence-electron chi connectivity index (χ2n) is 4.88. The number of hydrogen-bond donors (Lipinski definition) is 2. The van der Waals surface area contributed by atoms with E-state index in [0.717, 1.165) is 6.54 Å². The Hall–Kier alpha value is -2.06. The van der Waals surface area contributed by atoms with Gasteiger partial charge in [-0.1, -0.05) is 6.92 Å². The third-order valence-electron chi connectivity index (χ3n) is 3.14. The normalized spacial score (nSPS) is 11.2. The van der Waals surface area contributed by atoms with Gasteiger partial charge in [0.05, 0.1) is 24.7 Å². The fourth-order valence-electron chi connectivity index (χ4n) is 2.07. The SMILES string of the molecule is CCN[C@H](C)CNC(=O)c1cc(OCC)c(OC)cc1[N+](=O)[O-].Cl. The first-order chi connectivity index (χ1) is 10.9. The highest BCUT2D eigenvalue weighted by molar-refractivity contribution is 5.99. The van der Waals surface area contributed by atoms with E-state index in [1.807, 2.05) is 13.8 Å². The van der Waals surface area contributed by atoms with Crippen molar-refractivity contribution in [3.63, 3.8) is 0 Å². The van der Waals surface area contributed by atoms with Crippen LogP contribution in [0.1, 0.15) is 31.1 Å². The number of ether oxygens (including phenoxy) is 2. The number of nitro groups is 1. The number of nitro benzene ring substituents is 1. The molecule has 0 saturated heterocycles. The standard InChI is InChI=1S/C15H23N3O5.ClH/c1-5-16-10(3)9-17-15(19)11-7-14(23-6-2)13(22-4)8-12(11)18(20)21;/h7-8,10,16H,5-6,9H2,1-4H3,(H,17,19);1H/t10-;/m1./s1. The molecule has 0 unspecified atom stereocenters. The summed E-state index contributed by atoms with van der Waals surface area (Å²) in [4.78, 5) is 22.9. The van der Waals surface area contributed by atoms with Gasteiger partial charge in [-0.05, 0) is 20.4 Å². The molecule has 0 heterocycles. The maximum atomic E-state index is 12.3. The molecule has 8 nitrogen and oxygen atoms in total. The molecule has 0 aliphatic carbocycles. The van der Waals surface area contributed by atoms with Gasteiger partial charge in [0.25, 0.3) is 11.6 Å². The second kappa shape index (κ2) is 10.7. The molecule has 0 aromatic heterocycles. The fraction of sp³-hybridized carbons (Fsp3) is 0.533. The third-order valence-corrected chi connectivity index (χ3v) is 3.14. The lowest BCUT2D eigenvalue weighted by molar-refractivity contribution is -0.385. The van der Waals surface area contributed by atoms with E-state index in [1.54, 1.807) is 6.92 Å². The van der Waals surface area contributed by atoms with Gasteiger partial charge >= 0.3 is 0 Å². The number of nitrogens with zero attached hydrogens (tertiary/aromatic N) is 1. The van der Waals surface area contributed by atoms with E-state index < -0.39 is 10.8 Å². The summed E-state index contributed by atoms with van der Waals surface area (Å²) in [5, 5.41) is 17.1. The highest BCUT2D eigenvalue weighted by Crippen LogP contribution is 2.34. The molecule has 9 heteroatoms. The molecule has 2 N–H and O–H groups in total. The fourth-order valence-corrected chi connectivity index (χ4v) is 2.07. The molecule has 1 amide bonds. The number of benzene rings is 1. The number of halogens is 1. The number of amides is 1. The smallest absolute Gasteiger partial charge is 0.286 e. The lowest BCUT2D eigenvalue weighted by atomic mass is 10.1. The van der Waals surface area contributed by atoms with Crippen LogP contribution in [0.15, 0.2) is 12.1 Å². The second-order valence-corrected chi connectivity index (χ2v) is 4.88. The monoisotopic (exact) mass is 361 g/mol.